The summed E-state index contributed by atoms with van der Waals surface area (Å²) in [6, 6.07) is 14.5. The van der Waals surface area contributed by atoms with Crippen LogP contribution < -0.4 is 10.6 Å². The van der Waals surface area contributed by atoms with Crippen LogP contribution in [0.1, 0.15) is 34.3 Å². The molecule has 0 atom stereocenters. The molecule has 2 aliphatic rings. The first-order valence-electron chi connectivity index (χ1n) is 11.9. The average molecular weight is 531 g/mol. The lowest BCUT2D eigenvalue weighted by Crippen LogP contribution is -2.42. The van der Waals surface area contributed by atoms with E-state index in [1.807, 2.05) is 18.2 Å². The van der Waals surface area contributed by atoms with Gasteiger partial charge in [0.15, 0.2) is 0 Å². The summed E-state index contributed by atoms with van der Waals surface area (Å²) in [5.74, 6) is 0.221. The third-order valence-electron chi connectivity index (χ3n) is 6.76. The van der Waals surface area contributed by atoms with Crippen molar-refractivity contribution in [1.82, 2.24) is 14.6 Å². The van der Waals surface area contributed by atoms with Crippen molar-refractivity contribution in [3.8, 4) is 11.1 Å². The predicted octanol–water partition coefficient (Wildman–Crippen LogP) is 4.32. The molecule has 5 rings (SSSR count). The van der Waals surface area contributed by atoms with E-state index in [1.54, 1.807) is 24.3 Å². The maximum Gasteiger partial charge on any atom is 0.417 e. The molecule has 0 aliphatic carbocycles. The Morgan fingerprint density at radius 1 is 0.973 bits per heavy atom. The monoisotopic (exact) mass is 530 g/mol. The number of hydrogen-bond donors (Lipinski definition) is 2. The molecule has 11 heteroatoms. The van der Waals surface area contributed by atoms with Gasteiger partial charge in [0.05, 0.1) is 10.5 Å². The molecule has 3 heterocycles. The normalized spacial score (nSPS) is 17.2. The van der Waals surface area contributed by atoms with Crippen LogP contribution in [0.5, 0.6) is 0 Å². The van der Waals surface area contributed by atoms with Crippen molar-refractivity contribution < 1.29 is 26.4 Å². The molecule has 0 radical (unpaired) electrons. The van der Waals surface area contributed by atoms with Crippen molar-refractivity contribution in [3.05, 3.63) is 77.5 Å². The third-order valence-corrected chi connectivity index (χ3v) is 8.67. The molecule has 0 spiro atoms. The summed E-state index contributed by atoms with van der Waals surface area (Å²) in [6.07, 6.45) is -1.88. The Labute approximate surface area is 212 Å². The second-order valence-corrected chi connectivity index (χ2v) is 11.1. The number of alkyl halides is 3. The summed E-state index contributed by atoms with van der Waals surface area (Å²) in [5, 5.41) is 5.93. The lowest BCUT2D eigenvalue weighted by Gasteiger charge is -2.32. The number of carbonyl (C=O) groups is 1. The molecule has 3 aromatic rings. The van der Waals surface area contributed by atoms with E-state index in [0.29, 0.717) is 30.8 Å². The predicted molar refractivity (Wildman–Crippen MR) is 133 cm³/mol. The van der Waals surface area contributed by atoms with Gasteiger partial charge in [0.1, 0.15) is 5.82 Å². The highest BCUT2D eigenvalue weighted by atomic mass is 32.2. The number of pyridine rings is 1. The standard InChI is InChI=1S/C26H25F3N4O3S/c27-26(28,29)20-5-8-24(31-16-20)32-21-10-13-33(14-11-21)37(35,36)22-6-3-17(4-7-22)19-2-1-18-9-12-30-25(34)23(18)15-19/h1-8,15-16,21H,9-14H2,(H,30,34)(H,31,32). The fourth-order valence-corrected chi connectivity index (χ4v) is 6.13. The molecule has 0 bridgehead atoms. The van der Waals surface area contributed by atoms with Crippen LogP contribution in [0.3, 0.4) is 0 Å². The van der Waals surface area contributed by atoms with Crippen molar-refractivity contribution in [2.75, 3.05) is 25.0 Å². The van der Waals surface area contributed by atoms with Crippen molar-refractivity contribution in [3.63, 3.8) is 0 Å². The van der Waals surface area contributed by atoms with E-state index in [1.165, 1.54) is 10.4 Å². The van der Waals surface area contributed by atoms with Gasteiger partial charge in [-0.05, 0) is 66.3 Å². The Morgan fingerprint density at radius 2 is 1.68 bits per heavy atom. The second-order valence-electron chi connectivity index (χ2n) is 9.15. The summed E-state index contributed by atoms with van der Waals surface area (Å²) in [5.41, 5.74) is 2.47. The SMILES string of the molecule is O=C1NCCc2ccc(-c3ccc(S(=O)(=O)N4CCC(Nc5ccc(C(F)(F)F)cn5)CC4)cc3)cc21. The number of hydrogen-bond acceptors (Lipinski definition) is 5. The third kappa shape index (κ3) is 5.33. The lowest BCUT2D eigenvalue weighted by atomic mass is 9.95. The number of piperidine rings is 1. The fraction of sp³-hybridized carbons (Fsp3) is 0.308. The van der Waals surface area contributed by atoms with Crippen molar-refractivity contribution in [2.45, 2.75) is 36.4 Å². The number of carbonyl (C=O) groups excluding carboxylic acids is 1. The van der Waals surface area contributed by atoms with Gasteiger partial charge in [-0.3, -0.25) is 4.79 Å². The maximum atomic E-state index is 13.2. The van der Waals surface area contributed by atoms with Gasteiger partial charge in [0, 0.05) is 37.4 Å². The molecule has 0 saturated carbocycles. The Bertz CT molecular complexity index is 1400. The summed E-state index contributed by atoms with van der Waals surface area (Å²) in [7, 11) is -3.70. The molecule has 1 amide bonds. The molecule has 1 aromatic heterocycles. The summed E-state index contributed by atoms with van der Waals surface area (Å²) in [4.78, 5) is 16.2. The van der Waals surface area contributed by atoms with E-state index >= 15 is 0 Å². The molecule has 2 aromatic carbocycles. The Balaban J connectivity index is 1.22. The number of sulfonamides is 1. The number of anilines is 1. The molecule has 194 valence electrons. The molecule has 1 fully saturated rings. The van der Waals surface area contributed by atoms with Crippen molar-refractivity contribution in [1.29, 1.82) is 0 Å². The Morgan fingerprint density at radius 3 is 2.32 bits per heavy atom. The van der Waals surface area contributed by atoms with E-state index in [4.69, 9.17) is 0 Å². The number of halogens is 3. The highest BCUT2D eigenvalue weighted by Crippen LogP contribution is 2.30. The molecule has 37 heavy (non-hydrogen) atoms. The number of amides is 1. The largest absolute Gasteiger partial charge is 0.417 e. The maximum absolute atomic E-state index is 13.2. The van der Waals surface area contributed by atoms with Gasteiger partial charge in [-0.25, -0.2) is 13.4 Å². The van der Waals surface area contributed by atoms with Crippen LogP contribution >= 0.6 is 0 Å². The van der Waals surface area contributed by atoms with Gasteiger partial charge in [-0.15, -0.1) is 0 Å². The summed E-state index contributed by atoms with van der Waals surface area (Å²) < 4.78 is 66.0. The average Bonchev–Trinajstić information content (AvgIpc) is 2.89. The van der Waals surface area contributed by atoms with Crippen LogP contribution in [0, 0.1) is 0 Å². The number of aromatic nitrogens is 1. The van der Waals surface area contributed by atoms with Crippen LogP contribution in [-0.2, 0) is 22.6 Å². The quantitative estimate of drug-likeness (QED) is 0.513. The smallest absolute Gasteiger partial charge is 0.367 e. The summed E-state index contributed by atoms with van der Waals surface area (Å²) >= 11 is 0. The molecule has 2 N–H and O–H groups in total. The minimum Gasteiger partial charge on any atom is -0.367 e. The number of benzene rings is 2. The Hall–Kier alpha value is -3.44. The molecule has 0 unspecified atom stereocenters. The second kappa shape index (κ2) is 9.79. The van der Waals surface area contributed by atoms with Gasteiger partial charge < -0.3 is 10.6 Å². The number of rotatable bonds is 5. The van der Waals surface area contributed by atoms with Crippen molar-refractivity contribution in [2.24, 2.45) is 0 Å². The first-order chi connectivity index (χ1) is 17.6. The molecule has 2 aliphatic heterocycles. The van der Waals surface area contributed by atoms with Crippen LogP contribution in [0.2, 0.25) is 0 Å². The molecular formula is C26H25F3N4O3S. The van der Waals surface area contributed by atoms with Gasteiger partial charge in [-0.1, -0.05) is 24.3 Å². The minimum absolute atomic E-state index is 0.0979. The number of nitrogens with zero attached hydrogens (tertiary/aromatic N) is 2. The van der Waals surface area contributed by atoms with Crippen molar-refractivity contribution >= 4 is 21.7 Å². The molecular weight excluding hydrogens is 505 g/mol. The zero-order valence-corrected chi connectivity index (χ0v) is 20.6. The van der Waals surface area contributed by atoms with Crippen LogP contribution in [0.15, 0.2) is 65.7 Å². The highest BCUT2D eigenvalue weighted by Gasteiger charge is 2.32. The fourth-order valence-electron chi connectivity index (χ4n) is 4.66. The van der Waals surface area contributed by atoms with Crippen LogP contribution in [-0.4, -0.2) is 49.3 Å². The van der Waals surface area contributed by atoms with E-state index in [0.717, 1.165) is 35.4 Å². The van der Waals surface area contributed by atoms with E-state index < -0.39 is 21.8 Å². The lowest BCUT2D eigenvalue weighted by molar-refractivity contribution is -0.137. The zero-order chi connectivity index (χ0) is 26.2. The first-order valence-corrected chi connectivity index (χ1v) is 13.4. The van der Waals surface area contributed by atoms with Gasteiger partial charge in [0.2, 0.25) is 10.0 Å². The highest BCUT2D eigenvalue weighted by molar-refractivity contribution is 7.89. The number of nitrogens with one attached hydrogen (secondary N) is 2. The summed E-state index contributed by atoms with van der Waals surface area (Å²) in [6.45, 7) is 1.18. The van der Waals surface area contributed by atoms with Gasteiger partial charge in [0.25, 0.3) is 5.91 Å². The van der Waals surface area contributed by atoms with Crippen LogP contribution in [0.25, 0.3) is 11.1 Å². The van der Waals surface area contributed by atoms with Gasteiger partial charge in [-0.2, -0.15) is 17.5 Å². The van der Waals surface area contributed by atoms with E-state index in [9.17, 15) is 26.4 Å². The zero-order valence-electron chi connectivity index (χ0n) is 19.8. The number of fused-ring (bicyclic) bond motifs is 1. The molecule has 1 saturated heterocycles. The minimum atomic E-state index is -4.44. The first kappa shape index (κ1) is 25.2. The van der Waals surface area contributed by atoms with Gasteiger partial charge >= 0.3 is 6.18 Å². The van der Waals surface area contributed by atoms with E-state index in [-0.39, 0.29) is 29.9 Å². The van der Waals surface area contributed by atoms with E-state index in [2.05, 4.69) is 15.6 Å². The molecule has 7 nitrogen and oxygen atoms in total. The topological polar surface area (TPSA) is 91.4 Å². The Kier molecular flexibility index (Phi) is 6.67. The van der Waals surface area contributed by atoms with Crippen LogP contribution in [0.4, 0.5) is 19.0 Å².